The molecule has 0 aliphatic carbocycles. The largest absolute Gasteiger partial charge is 0.375 e. The van der Waals surface area contributed by atoms with Gasteiger partial charge in [0.1, 0.15) is 13.2 Å². The molecule has 0 saturated heterocycles. The maximum absolute atomic E-state index is 11.5. The third-order valence-corrected chi connectivity index (χ3v) is 2.20. The molecule has 0 aromatic heterocycles. The number of amides is 2. The number of rotatable bonds is 8. The summed E-state index contributed by atoms with van der Waals surface area (Å²) in [5, 5.41) is 5.30. The Labute approximate surface area is 117 Å². The van der Waals surface area contributed by atoms with Gasteiger partial charge in [-0.2, -0.15) is 0 Å². The van der Waals surface area contributed by atoms with Gasteiger partial charge in [0.05, 0.1) is 6.61 Å². The monoisotopic (exact) mass is 281 g/mol. The summed E-state index contributed by atoms with van der Waals surface area (Å²) in [5.41, 5.74) is 6.40. The highest BCUT2D eigenvalue weighted by Crippen LogP contribution is 2.14. The van der Waals surface area contributed by atoms with Crippen LogP contribution >= 0.6 is 0 Å². The SMILES string of the molecule is COCC(=O)Nc1cccc(NC(=O)COCCN)c1. The predicted molar refractivity (Wildman–Crippen MR) is 75.5 cm³/mol. The van der Waals surface area contributed by atoms with Crippen LogP contribution in [0.25, 0.3) is 0 Å². The van der Waals surface area contributed by atoms with Gasteiger partial charge in [0, 0.05) is 25.0 Å². The number of hydrogen-bond donors (Lipinski definition) is 3. The van der Waals surface area contributed by atoms with E-state index in [-0.39, 0.29) is 25.0 Å². The number of carbonyl (C=O) groups is 2. The fraction of sp³-hybridized carbons (Fsp3) is 0.385. The minimum atomic E-state index is -0.279. The van der Waals surface area contributed by atoms with E-state index in [0.717, 1.165) is 0 Å². The maximum Gasteiger partial charge on any atom is 0.250 e. The Kier molecular flexibility index (Phi) is 7.26. The van der Waals surface area contributed by atoms with E-state index in [9.17, 15) is 9.59 Å². The van der Waals surface area contributed by atoms with Crippen molar-refractivity contribution in [3.05, 3.63) is 24.3 Å². The number of anilines is 2. The third kappa shape index (κ3) is 6.28. The van der Waals surface area contributed by atoms with Gasteiger partial charge in [-0.25, -0.2) is 0 Å². The first-order chi connectivity index (χ1) is 9.65. The Hall–Kier alpha value is -1.96. The number of nitrogens with one attached hydrogen (secondary N) is 2. The van der Waals surface area contributed by atoms with Gasteiger partial charge in [0.25, 0.3) is 0 Å². The van der Waals surface area contributed by atoms with Gasteiger partial charge in [0.15, 0.2) is 0 Å². The number of methoxy groups -OCH3 is 1. The quantitative estimate of drug-likeness (QED) is 0.590. The van der Waals surface area contributed by atoms with Crippen molar-refractivity contribution in [2.75, 3.05) is 44.1 Å². The van der Waals surface area contributed by atoms with Crippen molar-refractivity contribution >= 4 is 23.2 Å². The lowest BCUT2D eigenvalue weighted by molar-refractivity contribution is -0.120. The number of benzene rings is 1. The summed E-state index contributed by atoms with van der Waals surface area (Å²) < 4.78 is 9.74. The summed E-state index contributed by atoms with van der Waals surface area (Å²) in [5.74, 6) is -0.541. The van der Waals surface area contributed by atoms with E-state index < -0.39 is 0 Å². The highest BCUT2D eigenvalue weighted by molar-refractivity contribution is 5.94. The molecule has 0 saturated carbocycles. The Morgan fingerprint density at radius 2 is 1.75 bits per heavy atom. The molecule has 4 N–H and O–H groups in total. The van der Waals surface area contributed by atoms with Crippen LogP contribution in [0.15, 0.2) is 24.3 Å². The molecule has 20 heavy (non-hydrogen) atoms. The van der Waals surface area contributed by atoms with Crippen LogP contribution in [0.3, 0.4) is 0 Å². The van der Waals surface area contributed by atoms with E-state index in [2.05, 4.69) is 10.6 Å². The van der Waals surface area contributed by atoms with Gasteiger partial charge >= 0.3 is 0 Å². The smallest absolute Gasteiger partial charge is 0.250 e. The standard InChI is InChI=1S/C13H19N3O4/c1-19-8-12(17)15-10-3-2-4-11(7-10)16-13(18)9-20-6-5-14/h2-4,7H,5-6,8-9,14H2,1H3,(H,15,17)(H,16,18). The fourth-order valence-corrected chi connectivity index (χ4v) is 1.45. The van der Waals surface area contributed by atoms with E-state index in [1.165, 1.54) is 7.11 Å². The Morgan fingerprint density at radius 1 is 1.15 bits per heavy atom. The molecule has 110 valence electrons. The van der Waals surface area contributed by atoms with Gasteiger partial charge in [-0.3, -0.25) is 9.59 Å². The van der Waals surface area contributed by atoms with Crippen molar-refractivity contribution in [2.24, 2.45) is 5.73 Å². The second-order valence-electron chi connectivity index (χ2n) is 3.95. The highest BCUT2D eigenvalue weighted by Gasteiger charge is 2.05. The van der Waals surface area contributed by atoms with E-state index in [1.54, 1.807) is 24.3 Å². The van der Waals surface area contributed by atoms with Crippen molar-refractivity contribution in [2.45, 2.75) is 0 Å². The molecular weight excluding hydrogens is 262 g/mol. The molecular formula is C13H19N3O4. The van der Waals surface area contributed by atoms with Crippen LogP contribution in [-0.2, 0) is 19.1 Å². The van der Waals surface area contributed by atoms with Gasteiger partial charge in [-0.1, -0.05) is 6.07 Å². The van der Waals surface area contributed by atoms with Gasteiger partial charge in [0.2, 0.25) is 11.8 Å². The second-order valence-corrected chi connectivity index (χ2v) is 3.95. The van der Waals surface area contributed by atoms with Crippen molar-refractivity contribution < 1.29 is 19.1 Å². The normalized spacial score (nSPS) is 10.1. The van der Waals surface area contributed by atoms with Crippen LogP contribution in [-0.4, -0.2) is 45.3 Å². The summed E-state index contributed by atoms with van der Waals surface area (Å²) in [6.45, 7) is 0.621. The van der Waals surface area contributed by atoms with Crippen LogP contribution in [0, 0.1) is 0 Å². The van der Waals surface area contributed by atoms with E-state index in [0.29, 0.717) is 24.5 Å². The number of ether oxygens (including phenoxy) is 2. The van der Waals surface area contributed by atoms with Crippen LogP contribution < -0.4 is 16.4 Å². The van der Waals surface area contributed by atoms with Gasteiger partial charge in [-0.05, 0) is 18.2 Å². The van der Waals surface area contributed by atoms with Crippen LogP contribution in [0.2, 0.25) is 0 Å². The summed E-state index contributed by atoms with van der Waals surface area (Å²) in [6.07, 6.45) is 0. The van der Waals surface area contributed by atoms with Gasteiger partial charge < -0.3 is 25.8 Å². The van der Waals surface area contributed by atoms with E-state index >= 15 is 0 Å². The molecule has 1 aromatic carbocycles. The molecule has 7 nitrogen and oxygen atoms in total. The molecule has 1 aromatic rings. The Morgan fingerprint density at radius 3 is 2.30 bits per heavy atom. The number of hydrogen-bond acceptors (Lipinski definition) is 5. The molecule has 1 rings (SSSR count). The lowest BCUT2D eigenvalue weighted by Gasteiger charge is -2.08. The third-order valence-electron chi connectivity index (χ3n) is 2.20. The second kappa shape index (κ2) is 9.03. The molecule has 0 aliphatic rings. The van der Waals surface area contributed by atoms with Crippen molar-refractivity contribution in [3.8, 4) is 0 Å². The zero-order valence-corrected chi connectivity index (χ0v) is 11.3. The fourth-order valence-electron chi connectivity index (χ4n) is 1.45. The van der Waals surface area contributed by atoms with Crippen molar-refractivity contribution in [1.29, 1.82) is 0 Å². The van der Waals surface area contributed by atoms with Crippen LogP contribution in [0.5, 0.6) is 0 Å². The highest BCUT2D eigenvalue weighted by atomic mass is 16.5. The summed E-state index contributed by atoms with van der Waals surface area (Å²) in [4.78, 5) is 22.9. The van der Waals surface area contributed by atoms with Crippen LogP contribution in [0.4, 0.5) is 11.4 Å². The minimum absolute atomic E-state index is 0.0243. The van der Waals surface area contributed by atoms with E-state index in [4.69, 9.17) is 15.2 Å². The molecule has 0 heterocycles. The summed E-state index contributed by atoms with van der Waals surface area (Å²) >= 11 is 0. The lowest BCUT2D eigenvalue weighted by Crippen LogP contribution is -2.21. The average Bonchev–Trinajstić information content (AvgIpc) is 2.39. The molecule has 0 spiro atoms. The zero-order valence-electron chi connectivity index (χ0n) is 11.3. The molecule has 0 aliphatic heterocycles. The van der Waals surface area contributed by atoms with Crippen molar-refractivity contribution in [1.82, 2.24) is 0 Å². The first kappa shape index (κ1) is 16.1. The molecule has 2 amide bonds. The van der Waals surface area contributed by atoms with E-state index in [1.807, 2.05) is 0 Å². The topological polar surface area (TPSA) is 103 Å². The minimum Gasteiger partial charge on any atom is -0.375 e. The molecule has 0 atom stereocenters. The maximum atomic E-state index is 11.5. The van der Waals surface area contributed by atoms with Crippen LogP contribution in [0.1, 0.15) is 0 Å². The van der Waals surface area contributed by atoms with Gasteiger partial charge in [-0.15, -0.1) is 0 Å². The first-order valence-corrected chi connectivity index (χ1v) is 6.12. The Balaban J connectivity index is 2.50. The lowest BCUT2D eigenvalue weighted by atomic mass is 10.2. The molecule has 7 heteroatoms. The molecule has 0 fully saturated rings. The number of carbonyl (C=O) groups excluding carboxylic acids is 2. The summed E-state index contributed by atoms with van der Waals surface area (Å²) in [6, 6.07) is 6.80. The Bertz CT molecular complexity index is 451. The predicted octanol–water partition coefficient (Wildman–Crippen LogP) is 0.185. The average molecular weight is 281 g/mol. The van der Waals surface area contributed by atoms with Crippen molar-refractivity contribution in [3.63, 3.8) is 0 Å². The number of nitrogens with two attached hydrogens (primary N) is 1. The molecule has 0 radical (unpaired) electrons. The molecule has 0 unspecified atom stereocenters. The molecule has 0 bridgehead atoms. The summed E-state index contributed by atoms with van der Waals surface area (Å²) in [7, 11) is 1.44. The zero-order chi connectivity index (χ0) is 14.8. The first-order valence-electron chi connectivity index (χ1n) is 6.12.